The summed E-state index contributed by atoms with van der Waals surface area (Å²) < 4.78 is 0. The van der Waals surface area contributed by atoms with Crippen LogP contribution in [0.3, 0.4) is 0 Å². The Morgan fingerprint density at radius 3 is 1.33 bits per heavy atom. The van der Waals surface area contributed by atoms with Crippen molar-refractivity contribution in [3.63, 3.8) is 0 Å². The van der Waals surface area contributed by atoms with Crippen LogP contribution in [0.4, 0.5) is 0 Å². The van der Waals surface area contributed by atoms with E-state index in [9.17, 15) is 30.3 Å². The number of unbranched alkanes of at least 4 members (excludes halogenated alkanes) is 11. The second-order valence-corrected chi connectivity index (χ2v) is 8.57. The first-order chi connectivity index (χ1) is 14.3. The van der Waals surface area contributed by atoms with Gasteiger partial charge < -0.3 is 30.6 Å². The van der Waals surface area contributed by atoms with Gasteiger partial charge in [0.1, 0.15) is 18.3 Å². The minimum atomic E-state index is -1.60. The lowest BCUT2D eigenvalue weighted by atomic mass is 9.94. The van der Waals surface area contributed by atoms with Crippen molar-refractivity contribution < 1.29 is 35.4 Å². The van der Waals surface area contributed by atoms with Crippen LogP contribution in [0.15, 0.2) is 0 Å². The van der Waals surface area contributed by atoms with E-state index in [0.717, 1.165) is 38.5 Å². The van der Waals surface area contributed by atoms with E-state index < -0.39 is 36.5 Å². The molecule has 0 saturated carbocycles. The lowest BCUT2D eigenvalue weighted by Gasteiger charge is -2.29. The first-order valence-electron chi connectivity index (χ1n) is 11.9. The van der Waals surface area contributed by atoms with Gasteiger partial charge in [0.15, 0.2) is 0 Å². The fraction of sp³-hybridized carbons (Fsp3) is 0.957. The second kappa shape index (κ2) is 19.0. The molecule has 0 bridgehead atoms. The van der Waals surface area contributed by atoms with Gasteiger partial charge >= 0.3 is 5.97 Å². The third-order valence-electron chi connectivity index (χ3n) is 5.73. The van der Waals surface area contributed by atoms with Crippen LogP contribution in [0.1, 0.15) is 110 Å². The maximum Gasteiger partial charge on any atom is 0.303 e. The topological polar surface area (TPSA) is 138 Å². The van der Waals surface area contributed by atoms with E-state index in [4.69, 9.17) is 5.11 Å². The van der Waals surface area contributed by atoms with Gasteiger partial charge in [-0.3, -0.25) is 4.79 Å². The van der Waals surface area contributed by atoms with E-state index in [1.54, 1.807) is 0 Å². The second-order valence-electron chi connectivity index (χ2n) is 8.57. The van der Waals surface area contributed by atoms with Crippen molar-refractivity contribution in [2.24, 2.45) is 0 Å². The maximum absolute atomic E-state index is 10.4. The van der Waals surface area contributed by atoms with Gasteiger partial charge in [-0.1, -0.05) is 84.0 Å². The molecule has 0 radical (unpaired) electrons. The van der Waals surface area contributed by atoms with Crippen LogP contribution in [-0.4, -0.2) is 67.1 Å². The first-order valence-corrected chi connectivity index (χ1v) is 11.9. The first kappa shape index (κ1) is 29.3. The van der Waals surface area contributed by atoms with Crippen LogP contribution >= 0.6 is 0 Å². The number of carbonyl (C=O) groups is 1. The Bertz CT molecular complexity index is 405. The van der Waals surface area contributed by atoms with Crippen molar-refractivity contribution in [1.29, 1.82) is 0 Å². The largest absolute Gasteiger partial charge is 0.481 e. The zero-order chi connectivity index (χ0) is 22.8. The number of carboxylic acids is 1. The lowest BCUT2D eigenvalue weighted by Crippen LogP contribution is -2.49. The third-order valence-corrected chi connectivity index (χ3v) is 5.73. The smallest absolute Gasteiger partial charge is 0.303 e. The molecular formula is C23H46O7. The highest BCUT2D eigenvalue weighted by Gasteiger charge is 2.33. The van der Waals surface area contributed by atoms with E-state index in [2.05, 4.69) is 6.92 Å². The molecule has 0 aliphatic rings. The van der Waals surface area contributed by atoms with Gasteiger partial charge in [0, 0.05) is 6.42 Å². The molecule has 7 nitrogen and oxygen atoms in total. The van der Waals surface area contributed by atoms with Crippen molar-refractivity contribution >= 4 is 5.97 Å². The highest BCUT2D eigenvalue weighted by atomic mass is 16.4. The van der Waals surface area contributed by atoms with Gasteiger partial charge in [-0.2, -0.15) is 0 Å². The quantitative estimate of drug-likeness (QED) is 0.153. The lowest BCUT2D eigenvalue weighted by molar-refractivity contribution is -0.137. The Kier molecular flexibility index (Phi) is 18.5. The molecule has 5 atom stereocenters. The summed E-state index contributed by atoms with van der Waals surface area (Å²) in [6.45, 7) is 2.19. The van der Waals surface area contributed by atoms with E-state index in [1.807, 2.05) is 0 Å². The molecule has 0 rings (SSSR count). The summed E-state index contributed by atoms with van der Waals surface area (Å²) in [6, 6.07) is 0. The molecule has 0 heterocycles. The molecule has 7 heteroatoms. The summed E-state index contributed by atoms with van der Waals surface area (Å²) in [5, 5.41) is 59.0. The van der Waals surface area contributed by atoms with Crippen molar-refractivity contribution in [3.8, 4) is 0 Å². The molecule has 0 aromatic carbocycles. The molecule has 0 aromatic rings. The Labute approximate surface area is 182 Å². The van der Waals surface area contributed by atoms with Crippen LogP contribution in [0.25, 0.3) is 0 Å². The number of rotatable bonds is 21. The summed E-state index contributed by atoms with van der Waals surface area (Å²) in [7, 11) is 0. The number of aliphatic hydroxyl groups excluding tert-OH is 5. The van der Waals surface area contributed by atoms with E-state index in [-0.39, 0.29) is 12.8 Å². The van der Waals surface area contributed by atoms with Gasteiger partial charge in [-0.25, -0.2) is 0 Å². The predicted octanol–water partition coefficient (Wildman–Crippen LogP) is 3.14. The normalized spacial score (nSPS) is 16.7. The van der Waals surface area contributed by atoms with Gasteiger partial charge in [0.25, 0.3) is 0 Å². The molecule has 0 aromatic heterocycles. The van der Waals surface area contributed by atoms with Gasteiger partial charge in [0.05, 0.1) is 12.2 Å². The molecular weight excluding hydrogens is 388 g/mol. The Morgan fingerprint density at radius 1 is 0.567 bits per heavy atom. The fourth-order valence-electron chi connectivity index (χ4n) is 3.65. The van der Waals surface area contributed by atoms with Crippen LogP contribution in [-0.2, 0) is 4.79 Å². The molecule has 6 N–H and O–H groups in total. The highest BCUT2D eigenvalue weighted by molar-refractivity contribution is 5.66. The summed E-state index contributed by atoms with van der Waals surface area (Å²) >= 11 is 0. The fourth-order valence-corrected chi connectivity index (χ4v) is 3.65. The summed E-state index contributed by atoms with van der Waals surface area (Å²) in [4.78, 5) is 10.4. The molecule has 0 aliphatic carbocycles. The third kappa shape index (κ3) is 15.1. The number of aliphatic hydroxyl groups is 5. The van der Waals surface area contributed by atoms with Gasteiger partial charge in [-0.05, 0) is 19.3 Å². The summed E-state index contributed by atoms with van der Waals surface area (Å²) in [5.41, 5.74) is 0. The van der Waals surface area contributed by atoms with E-state index >= 15 is 0 Å². The van der Waals surface area contributed by atoms with Crippen LogP contribution in [0, 0.1) is 0 Å². The number of carboxylic acid groups (broad SMARTS) is 1. The van der Waals surface area contributed by atoms with Crippen molar-refractivity contribution in [2.45, 2.75) is 140 Å². The molecule has 0 spiro atoms. The van der Waals surface area contributed by atoms with Crippen LogP contribution in [0.5, 0.6) is 0 Å². The molecule has 0 fully saturated rings. The predicted molar refractivity (Wildman–Crippen MR) is 117 cm³/mol. The maximum atomic E-state index is 10.4. The van der Waals surface area contributed by atoms with Gasteiger partial charge in [0.2, 0.25) is 0 Å². The number of hydrogen-bond acceptors (Lipinski definition) is 6. The average molecular weight is 435 g/mol. The molecule has 0 amide bonds. The van der Waals surface area contributed by atoms with Crippen molar-refractivity contribution in [1.82, 2.24) is 0 Å². The molecule has 0 aliphatic heterocycles. The zero-order valence-electron chi connectivity index (χ0n) is 18.8. The van der Waals surface area contributed by atoms with Crippen molar-refractivity contribution in [3.05, 3.63) is 0 Å². The molecule has 30 heavy (non-hydrogen) atoms. The van der Waals surface area contributed by atoms with Crippen LogP contribution < -0.4 is 0 Å². The summed E-state index contributed by atoms with van der Waals surface area (Å²) in [5.74, 6) is -0.800. The molecule has 180 valence electrons. The monoisotopic (exact) mass is 434 g/mol. The molecule has 5 unspecified atom stereocenters. The van der Waals surface area contributed by atoms with E-state index in [0.29, 0.717) is 19.3 Å². The minimum Gasteiger partial charge on any atom is -0.481 e. The standard InChI is InChI=1S/C23H46O7/c1-2-3-4-5-6-7-9-12-15-18(24)21(28)23(30)22(29)19(25)16-13-10-8-11-14-17-20(26)27/h18-19,21-25,28-30H,2-17H2,1H3,(H,26,27). The summed E-state index contributed by atoms with van der Waals surface area (Å²) in [6.07, 6.45) is 6.54. The van der Waals surface area contributed by atoms with Gasteiger partial charge in [-0.15, -0.1) is 0 Å². The Hall–Kier alpha value is -0.730. The Balaban J connectivity index is 3.90. The Morgan fingerprint density at radius 2 is 0.933 bits per heavy atom. The zero-order valence-corrected chi connectivity index (χ0v) is 18.8. The number of hydrogen-bond donors (Lipinski definition) is 6. The van der Waals surface area contributed by atoms with E-state index in [1.165, 1.54) is 32.1 Å². The average Bonchev–Trinajstić information content (AvgIpc) is 2.72. The number of aliphatic carboxylic acids is 1. The highest BCUT2D eigenvalue weighted by Crippen LogP contribution is 2.17. The minimum absolute atomic E-state index is 0.159. The van der Waals surface area contributed by atoms with Crippen molar-refractivity contribution in [2.75, 3.05) is 0 Å². The molecule has 0 saturated heterocycles. The SMILES string of the molecule is CCCCCCCCCCC(O)C(O)C(O)C(O)C(O)CCCCCCCC(=O)O. The van der Waals surface area contributed by atoms with Crippen LogP contribution in [0.2, 0.25) is 0 Å².